The number of aliphatic carboxylic acids is 1. The number of thiazole rings is 1. The van der Waals surface area contributed by atoms with Crippen molar-refractivity contribution < 1.29 is 32.6 Å². The van der Waals surface area contributed by atoms with Gasteiger partial charge in [0.25, 0.3) is 5.92 Å². The Morgan fingerprint density at radius 2 is 2.05 bits per heavy atom. The minimum atomic E-state index is -3.12. The van der Waals surface area contributed by atoms with E-state index in [1.165, 1.54) is 23.5 Å². The van der Waals surface area contributed by atoms with Gasteiger partial charge in [-0.1, -0.05) is 6.07 Å². The van der Waals surface area contributed by atoms with E-state index in [1.807, 2.05) is 0 Å². The molecule has 0 aliphatic carbocycles. The lowest BCUT2D eigenvalue weighted by Gasteiger charge is -2.33. The maximum atomic E-state index is 15.8. The van der Waals surface area contributed by atoms with E-state index in [9.17, 15) is 19.1 Å². The fraction of sp³-hybridized carbons (Fsp3) is 0.552. The molecule has 2 saturated heterocycles. The summed E-state index contributed by atoms with van der Waals surface area (Å²) in [7, 11) is 1.72. The largest absolute Gasteiger partial charge is 0.481 e. The number of hydrogen-bond acceptors (Lipinski definition) is 11. The van der Waals surface area contributed by atoms with Crippen LogP contribution in [0, 0.1) is 18.3 Å². The summed E-state index contributed by atoms with van der Waals surface area (Å²) in [6.07, 6.45) is 1.79. The average molecular weight is 636 g/mol. The SMILES string of the molecule is CCOC(=O)C1=C(CN2CC(F)(F)C3C2CN(C)N3CCC(C)(C)C(=O)O)NC(c2nccs2)=N[C@@H]1c1ccc(F)nc1C. The van der Waals surface area contributed by atoms with Crippen LogP contribution in [0.15, 0.2) is 40.0 Å². The number of carbonyl (C=O) groups is 2. The Hall–Kier alpha value is -3.40. The fourth-order valence-corrected chi connectivity index (χ4v) is 6.63. The Morgan fingerprint density at radius 1 is 1.30 bits per heavy atom. The first kappa shape index (κ1) is 32.0. The van der Waals surface area contributed by atoms with Crippen molar-refractivity contribution in [1.29, 1.82) is 0 Å². The maximum absolute atomic E-state index is 15.8. The second-order valence-electron chi connectivity index (χ2n) is 11.9. The highest BCUT2D eigenvalue weighted by Gasteiger charge is 2.61. The summed E-state index contributed by atoms with van der Waals surface area (Å²) in [6.45, 7) is 6.32. The highest BCUT2D eigenvalue weighted by molar-refractivity contribution is 7.11. The van der Waals surface area contributed by atoms with Crippen LogP contribution in [0.5, 0.6) is 0 Å². The van der Waals surface area contributed by atoms with E-state index in [2.05, 4.69) is 15.3 Å². The molecule has 2 N–H and O–H groups in total. The number of likely N-dealkylation sites (tertiary alicyclic amines) is 1. The lowest BCUT2D eigenvalue weighted by molar-refractivity contribution is -0.149. The molecule has 3 aliphatic heterocycles. The van der Waals surface area contributed by atoms with Crippen LogP contribution in [-0.4, -0.2) is 106 Å². The third-order valence-corrected chi connectivity index (χ3v) is 9.22. The number of alkyl halides is 2. The van der Waals surface area contributed by atoms with Crippen molar-refractivity contribution in [3.63, 3.8) is 0 Å². The number of aliphatic imine (C=N–C) groups is 1. The lowest BCUT2D eigenvalue weighted by atomic mass is 9.89. The van der Waals surface area contributed by atoms with Crippen LogP contribution < -0.4 is 5.32 Å². The van der Waals surface area contributed by atoms with E-state index in [0.29, 0.717) is 27.8 Å². The van der Waals surface area contributed by atoms with E-state index in [1.54, 1.807) is 61.2 Å². The average Bonchev–Trinajstić information content (AvgIpc) is 3.64. The Labute approximate surface area is 257 Å². The molecule has 0 spiro atoms. The van der Waals surface area contributed by atoms with Crippen molar-refractivity contribution in [3.05, 3.63) is 57.2 Å². The normalized spacial score (nSPS) is 24.3. The zero-order valence-corrected chi connectivity index (χ0v) is 26.0. The Bertz CT molecular complexity index is 1480. The highest BCUT2D eigenvalue weighted by Crippen LogP contribution is 2.43. The van der Waals surface area contributed by atoms with Crippen molar-refractivity contribution in [3.8, 4) is 0 Å². The molecule has 2 unspecified atom stereocenters. The molecule has 0 amide bonds. The molecule has 2 aromatic heterocycles. The lowest BCUT2D eigenvalue weighted by Crippen LogP contribution is -2.49. The van der Waals surface area contributed by atoms with Crippen molar-refractivity contribution in [1.82, 2.24) is 30.2 Å². The molecule has 2 fully saturated rings. The smallest absolute Gasteiger partial charge is 0.338 e. The quantitative estimate of drug-likeness (QED) is 0.297. The minimum Gasteiger partial charge on any atom is -0.481 e. The number of halogens is 3. The summed E-state index contributed by atoms with van der Waals surface area (Å²) < 4.78 is 51.0. The first-order chi connectivity index (χ1) is 20.7. The molecule has 0 bridgehead atoms. The first-order valence-corrected chi connectivity index (χ1v) is 15.2. The molecular formula is C29H36F3N7O4S. The van der Waals surface area contributed by atoms with Crippen LogP contribution in [0.25, 0.3) is 0 Å². The van der Waals surface area contributed by atoms with Gasteiger partial charge in [0, 0.05) is 61.3 Å². The fourth-order valence-electron chi connectivity index (χ4n) is 6.04. The molecule has 3 atom stereocenters. The predicted octanol–water partition coefficient (Wildman–Crippen LogP) is 3.25. The van der Waals surface area contributed by atoms with Gasteiger partial charge < -0.3 is 15.2 Å². The van der Waals surface area contributed by atoms with Crippen molar-refractivity contribution >= 4 is 29.1 Å². The van der Waals surface area contributed by atoms with Gasteiger partial charge in [0.05, 0.1) is 24.1 Å². The van der Waals surface area contributed by atoms with Gasteiger partial charge in [0.2, 0.25) is 5.95 Å². The number of hydrogen-bond donors (Lipinski definition) is 2. The van der Waals surface area contributed by atoms with E-state index in [0.717, 1.165) is 0 Å². The summed E-state index contributed by atoms with van der Waals surface area (Å²) in [4.78, 5) is 39.9. The van der Waals surface area contributed by atoms with Crippen LogP contribution >= 0.6 is 11.3 Å². The van der Waals surface area contributed by atoms with E-state index in [-0.39, 0.29) is 38.2 Å². The van der Waals surface area contributed by atoms with Gasteiger partial charge in [-0.15, -0.1) is 11.3 Å². The van der Waals surface area contributed by atoms with Crippen molar-refractivity contribution in [2.24, 2.45) is 10.4 Å². The Balaban J connectivity index is 1.52. The second-order valence-corrected chi connectivity index (χ2v) is 12.8. The number of pyridine rings is 1. The number of nitrogens with zero attached hydrogens (tertiary/aromatic N) is 6. The third-order valence-electron chi connectivity index (χ3n) is 8.44. The number of aryl methyl sites for hydroxylation is 1. The summed E-state index contributed by atoms with van der Waals surface area (Å²) in [5.41, 5.74) is 0.181. The summed E-state index contributed by atoms with van der Waals surface area (Å²) >= 11 is 1.32. The molecule has 238 valence electrons. The number of aromatic nitrogens is 2. The van der Waals surface area contributed by atoms with Crippen LogP contribution in [0.3, 0.4) is 0 Å². The number of carboxylic acid groups (broad SMARTS) is 1. The molecule has 2 aromatic rings. The summed E-state index contributed by atoms with van der Waals surface area (Å²) in [5, 5.41) is 18.3. The van der Waals surface area contributed by atoms with Crippen LogP contribution in [-0.2, 0) is 14.3 Å². The Kier molecular flexibility index (Phi) is 8.86. The highest BCUT2D eigenvalue weighted by atomic mass is 32.1. The number of rotatable bonds is 10. The van der Waals surface area contributed by atoms with Crippen molar-refractivity contribution in [2.75, 3.05) is 39.8 Å². The zero-order valence-electron chi connectivity index (χ0n) is 25.2. The minimum absolute atomic E-state index is 0.0538. The molecule has 3 aliphatic rings. The molecule has 15 heteroatoms. The molecule has 5 rings (SSSR count). The molecule has 0 saturated carbocycles. The summed E-state index contributed by atoms with van der Waals surface area (Å²) in [5.74, 6) is -5.12. The number of nitrogens with one attached hydrogen (secondary N) is 1. The molecule has 44 heavy (non-hydrogen) atoms. The molecular weight excluding hydrogens is 599 g/mol. The number of likely N-dealkylation sites (N-methyl/N-ethyl adjacent to an activating group) is 1. The van der Waals surface area contributed by atoms with Crippen LogP contribution in [0.1, 0.15) is 49.5 Å². The maximum Gasteiger partial charge on any atom is 0.338 e. The number of fused-ring (bicyclic) bond motifs is 1. The van der Waals surface area contributed by atoms with Gasteiger partial charge in [0.15, 0.2) is 10.8 Å². The molecule has 0 aromatic carbocycles. The molecule has 11 nitrogen and oxygen atoms in total. The number of esters is 1. The van der Waals surface area contributed by atoms with Gasteiger partial charge in [-0.25, -0.2) is 33.6 Å². The van der Waals surface area contributed by atoms with Gasteiger partial charge in [0.1, 0.15) is 12.1 Å². The van der Waals surface area contributed by atoms with E-state index in [4.69, 9.17) is 9.73 Å². The van der Waals surface area contributed by atoms with Gasteiger partial charge >= 0.3 is 11.9 Å². The Morgan fingerprint density at radius 3 is 2.68 bits per heavy atom. The molecule has 0 radical (unpaired) electrons. The standard InChI is InChI=1S/C29H36F3N7O4S/c1-6-43-26(40)21-18(35-24(25-33-10-12-44-25)36-22(21)17-7-8-20(30)34-16(17)2)13-38-15-29(31,32)23-19(38)14-37(5)39(23)11-9-28(3,4)27(41)42/h7-8,10,12,19,22-23H,6,9,11,13-15H2,1-5H3,(H,35,36)(H,41,42)/t19?,22-,23?/m1/s1. The first-order valence-electron chi connectivity index (χ1n) is 14.3. The monoisotopic (exact) mass is 635 g/mol. The zero-order chi connectivity index (χ0) is 32.0. The topological polar surface area (TPSA) is 123 Å². The van der Waals surface area contributed by atoms with Gasteiger partial charge in [-0.3, -0.25) is 14.7 Å². The van der Waals surface area contributed by atoms with Crippen LogP contribution in [0.2, 0.25) is 0 Å². The molecule has 5 heterocycles. The number of carboxylic acids is 1. The second kappa shape index (κ2) is 12.2. The number of ether oxygens (including phenoxy) is 1. The summed E-state index contributed by atoms with van der Waals surface area (Å²) in [6, 6.07) is -0.0480. The van der Waals surface area contributed by atoms with Gasteiger partial charge in [-0.2, -0.15) is 4.39 Å². The number of carbonyl (C=O) groups excluding carboxylic acids is 1. The number of amidine groups is 1. The number of hydrazine groups is 1. The van der Waals surface area contributed by atoms with Crippen molar-refractivity contribution in [2.45, 2.75) is 58.2 Å². The third kappa shape index (κ3) is 6.10. The van der Waals surface area contributed by atoms with Gasteiger partial charge in [-0.05, 0) is 40.2 Å². The van der Waals surface area contributed by atoms with E-state index < -0.39 is 53.9 Å². The van der Waals surface area contributed by atoms with Crippen LogP contribution in [0.4, 0.5) is 13.2 Å². The van der Waals surface area contributed by atoms with E-state index >= 15 is 8.78 Å². The predicted molar refractivity (Wildman–Crippen MR) is 157 cm³/mol.